The molecule has 0 radical (unpaired) electrons. The van der Waals surface area contributed by atoms with Crippen molar-refractivity contribution in [2.24, 2.45) is 0 Å². The molecule has 0 heterocycles. The Morgan fingerprint density at radius 3 is 2.67 bits per heavy atom. The molecule has 0 N–H and O–H groups in total. The third-order valence-corrected chi connectivity index (χ3v) is 2.14. The normalized spacial score (nSPS) is 10.3. The summed E-state index contributed by atoms with van der Waals surface area (Å²) in [5.41, 5.74) is 0.596. The van der Waals surface area contributed by atoms with Gasteiger partial charge >= 0.3 is 0 Å². The zero-order valence-electron chi connectivity index (χ0n) is 10.9. The van der Waals surface area contributed by atoms with E-state index in [1.807, 2.05) is 19.9 Å². The average molecular weight is 249 g/mol. The molecule has 98 valence electrons. The number of hydrogen-bond donors (Lipinski definition) is 0. The highest BCUT2D eigenvalue weighted by atomic mass is 16.5. The fourth-order valence-corrected chi connectivity index (χ4v) is 1.32. The molecule has 0 saturated carbocycles. The van der Waals surface area contributed by atoms with Gasteiger partial charge in [0.25, 0.3) is 0 Å². The minimum absolute atomic E-state index is 0.235. The van der Waals surface area contributed by atoms with Gasteiger partial charge in [0.1, 0.15) is 12.4 Å². The second-order valence-electron chi connectivity index (χ2n) is 4.02. The predicted octanol–water partition coefficient (Wildman–Crippen LogP) is 2.38. The first kappa shape index (κ1) is 14.5. The van der Waals surface area contributed by atoms with Gasteiger partial charge in [-0.05, 0) is 32.0 Å². The fraction of sp³-hybridized carbons (Fsp3) is 0.500. The average Bonchev–Trinajstić information content (AvgIpc) is 2.37. The molecular formula is C14H19NO3. The maximum atomic E-state index is 8.73. The van der Waals surface area contributed by atoms with Crippen LogP contribution in [-0.4, -0.2) is 32.5 Å². The van der Waals surface area contributed by atoms with Gasteiger partial charge in [0, 0.05) is 0 Å². The molecule has 1 aromatic carbocycles. The maximum absolute atomic E-state index is 8.73. The molecule has 0 amide bonds. The first-order chi connectivity index (χ1) is 8.72. The molecule has 0 aromatic heterocycles. The first-order valence-electron chi connectivity index (χ1n) is 6.04. The summed E-state index contributed by atoms with van der Waals surface area (Å²) in [6.45, 7) is 6.13. The third-order valence-electron chi connectivity index (χ3n) is 2.14. The van der Waals surface area contributed by atoms with Gasteiger partial charge in [-0.2, -0.15) is 5.26 Å². The van der Waals surface area contributed by atoms with Crippen LogP contribution in [-0.2, 0) is 9.47 Å². The highest BCUT2D eigenvalue weighted by molar-refractivity contribution is 5.36. The minimum Gasteiger partial charge on any atom is -0.491 e. The molecule has 0 aliphatic rings. The van der Waals surface area contributed by atoms with Crippen LogP contribution in [0.15, 0.2) is 24.3 Å². The van der Waals surface area contributed by atoms with Crippen molar-refractivity contribution in [1.82, 2.24) is 0 Å². The Morgan fingerprint density at radius 2 is 1.94 bits per heavy atom. The number of rotatable bonds is 8. The monoisotopic (exact) mass is 249 g/mol. The molecule has 0 saturated heterocycles. The molecule has 4 nitrogen and oxygen atoms in total. The van der Waals surface area contributed by atoms with Gasteiger partial charge in [0.2, 0.25) is 0 Å². The molecule has 0 bridgehead atoms. The number of nitrogens with zero attached hydrogens (tertiary/aromatic N) is 1. The van der Waals surface area contributed by atoms with E-state index in [-0.39, 0.29) is 6.10 Å². The molecule has 0 aliphatic heterocycles. The van der Waals surface area contributed by atoms with E-state index in [2.05, 4.69) is 6.07 Å². The van der Waals surface area contributed by atoms with Crippen LogP contribution in [0.1, 0.15) is 19.4 Å². The second-order valence-corrected chi connectivity index (χ2v) is 4.02. The molecule has 0 fully saturated rings. The van der Waals surface area contributed by atoms with Crippen LogP contribution in [0, 0.1) is 11.3 Å². The Bertz CT molecular complexity index is 385. The van der Waals surface area contributed by atoms with Crippen molar-refractivity contribution in [3.05, 3.63) is 29.8 Å². The summed E-state index contributed by atoms with van der Waals surface area (Å²) in [4.78, 5) is 0. The summed E-state index contributed by atoms with van der Waals surface area (Å²) in [5, 5.41) is 8.73. The van der Waals surface area contributed by atoms with Gasteiger partial charge in [-0.1, -0.05) is 6.07 Å². The number of hydrogen-bond acceptors (Lipinski definition) is 4. The van der Waals surface area contributed by atoms with Crippen LogP contribution < -0.4 is 4.74 Å². The molecule has 1 rings (SSSR count). The van der Waals surface area contributed by atoms with Crippen molar-refractivity contribution in [1.29, 1.82) is 5.26 Å². The van der Waals surface area contributed by atoms with Crippen LogP contribution in [0.25, 0.3) is 0 Å². The van der Waals surface area contributed by atoms with E-state index in [0.29, 0.717) is 37.7 Å². The quantitative estimate of drug-likeness (QED) is 0.664. The van der Waals surface area contributed by atoms with Crippen LogP contribution in [0.3, 0.4) is 0 Å². The maximum Gasteiger partial charge on any atom is 0.120 e. The van der Waals surface area contributed by atoms with Crippen LogP contribution in [0.5, 0.6) is 5.75 Å². The minimum atomic E-state index is 0.235. The summed E-state index contributed by atoms with van der Waals surface area (Å²) in [6, 6.07) is 9.14. The van der Waals surface area contributed by atoms with E-state index >= 15 is 0 Å². The SMILES string of the molecule is CC(C)OCCOCCOc1cccc(C#N)c1. The Labute approximate surface area is 108 Å². The molecule has 1 aromatic rings. The lowest BCUT2D eigenvalue weighted by atomic mass is 10.2. The number of ether oxygens (including phenoxy) is 3. The van der Waals surface area contributed by atoms with Crippen LogP contribution in [0.4, 0.5) is 0 Å². The van der Waals surface area contributed by atoms with E-state index in [9.17, 15) is 0 Å². The van der Waals surface area contributed by atoms with E-state index in [1.54, 1.807) is 18.2 Å². The summed E-state index contributed by atoms with van der Waals surface area (Å²) in [7, 11) is 0. The number of nitriles is 1. The number of benzene rings is 1. The van der Waals surface area contributed by atoms with Crippen molar-refractivity contribution in [2.45, 2.75) is 20.0 Å². The van der Waals surface area contributed by atoms with Crippen LogP contribution >= 0.6 is 0 Å². The lowest BCUT2D eigenvalue weighted by Crippen LogP contribution is -2.13. The largest absolute Gasteiger partial charge is 0.491 e. The fourth-order valence-electron chi connectivity index (χ4n) is 1.32. The Morgan fingerprint density at radius 1 is 1.17 bits per heavy atom. The van der Waals surface area contributed by atoms with Crippen molar-refractivity contribution in [3.8, 4) is 11.8 Å². The summed E-state index contributed by atoms with van der Waals surface area (Å²) in [6.07, 6.45) is 0.235. The molecule has 4 heteroatoms. The van der Waals surface area contributed by atoms with Crippen molar-refractivity contribution in [2.75, 3.05) is 26.4 Å². The van der Waals surface area contributed by atoms with Crippen molar-refractivity contribution < 1.29 is 14.2 Å². The highest BCUT2D eigenvalue weighted by Crippen LogP contribution is 2.12. The van der Waals surface area contributed by atoms with Crippen molar-refractivity contribution in [3.63, 3.8) is 0 Å². The smallest absolute Gasteiger partial charge is 0.120 e. The van der Waals surface area contributed by atoms with Crippen molar-refractivity contribution >= 4 is 0 Å². The lowest BCUT2D eigenvalue weighted by molar-refractivity contribution is 0.0124. The molecular weight excluding hydrogens is 230 g/mol. The lowest BCUT2D eigenvalue weighted by Gasteiger charge is -2.09. The van der Waals surface area contributed by atoms with E-state index in [0.717, 1.165) is 0 Å². The zero-order valence-corrected chi connectivity index (χ0v) is 10.9. The molecule has 0 atom stereocenters. The standard InChI is InChI=1S/C14H19NO3/c1-12(2)17-8-6-16-7-9-18-14-5-3-4-13(10-14)11-15/h3-5,10,12H,6-9H2,1-2H3. The van der Waals surface area contributed by atoms with E-state index in [1.165, 1.54) is 0 Å². The summed E-state index contributed by atoms with van der Waals surface area (Å²) < 4.78 is 16.1. The molecule has 18 heavy (non-hydrogen) atoms. The van der Waals surface area contributed by atoms with Gasteiger partial charge in [-0.15, -0.1) is 0 Å². The third kappa shape index (κ3) is 6.24. The summed E-state index contributed by atoms with van der Waals surface area (Å²) in [5.74, 6) is 0.691. The Kier molecular flexibility index (Phi) is 6.85. The van der Waals surface area contributed by atoms with Crippen LogP contribution in [0.2, 0.25) is 0 Å². The molecule has 0 unspecified atom stereocenters. The Hall–Kier alpha value is -1.57. The molecule has 0 spiro atoms. The predicted molar refractivity (Wildman–Crippen MR) is 68.6 cm³/mol. The second kappa shape index (κ2) is 8.51. The van der Waals surface area contributed by atoms with Gasteiger partial charge in [-0.3, -0.25) is 0 Å². The Balaban J connectivity index is 2.09. The van der Waals surface area contributed by atoms with Gasteiger partial charge in [0.15, 0.2) is 0 Å². The van der Waals surface area contributed by atoms with Gasteiger partial charge < -0.3 is 14.2 Å². The topological polar surface area (TPSA) is 51.5 Å². The van der Waals surface area contributed by atoms with Gasteiger partial charge in [0.05, 0.1) is 37.6 Å². The highest BCUT2D eigenvalue weighted by Gasteiger charge is 1.97. The molecule has 0 aliphatic carbocycles. The first-order valence-corrected chi connectivity index (χ1v) is 6.04. The zero-order chi connectivity index (χ0) is 13.2. The van der Waals surface area contributed by atoms with Gasteiger partial charge in [-0.25, -0.2) is 0 Å². The summed E-state index contributed by atoms with van der Waals surface area (Å²) >= 11 is 0. The van der Waals surface area contributed by atoms with E-state index < -0.39 is 0 Å². The van der Waals surface area contributed by atoms with E-state index in [4.69, 9.17) is 19.5 Å².